The van der Waals surface area contributed by atoms with E-state index < -0.39 is 0 Å². The summed E-state index contributed by atoms with van der Waals surface area (Å²) in [4.78, 5) is 0. The average molecular weight is 257 g/mol. The zero-order valence-corrected chi connectivity index (χ0v) is 11.2. The van der Waals surface area contributed by atoms with Crippen LogP contribution in [0.1, 0.15) is 24.3 Å². The molecule has 2 heterocycles. The summed E-state index contributed by atoms with van der Waals surface area (Å²) in [5.74, 6) is 1.45. The fraction of sp³-hybridized carbons (Fsp3) is 0.400. The molecule has 1 aromatic carbocycles. The van der Waals surface area contributed by atoms with Crippen LogP contribution in [0.2, 0.25) is 0 Å². The number of ether oxygens (including phenoxy) is 1. The molecule has 0 spiro atoms. The molecule has 0 saturated carbocycles. The largest absolute Gasteiger partial charge is 0.497 e. The number of methoxy groups -OCH3 is 1. The van der Waals surface area contributed by atoms with E-state index >= 15 is 0 Å². The lowest BCUT2D eigenvalue weighted by molar-refractivity contribution is 0.414. The Kier molecular flexibility index (Phi) is 3.51. The van der Waals surface area contributed by atoms with E-state index in [4.69, 9.17) is 4.74 Å². The number of nitrogens with zero attached hydrogens (tertiary/aromatic N) is 2. The van der Waals surface area contributed by atoms with Gasteiger partial charge in [0.25, 0.3) is 0 Å². The van der Waals surface area contributed by atoms with Crippen molar-refractivity contribution in [1.29, 1.82) is 0 Å². The Morgan fingerprint density at radius 3 is 3.16 bits per heavy atom. The first-order valence-corrected chi connectivity index (χ1v) is 6.76. The van der Waals surface area contributed by atoms with Crippen LogP contribution in [0.25, 0.3) is 5.69 Å². The maximum atomic E-state index is 5.25. The zero-order chi connectivity index (χ0) is 13.1. The number of piperidine rings is 1. The molecule has 2 aromatic rings. The molecule has 1 unspecified atom stereocenters. The van der Waals surface area contributed by atoms with Gasteiger partial charge in [-0.15, -0.1) is 0 Å². The monoisotopic (exact) mass is 257 g/mol. The molecule has 19 heavy (non-hydrogen) atoms. The number of rotatable bonds is 3. The number of hydrogen-bond acceptors (Lipinski definition) is 3. The van der Waals surface area contributed by atoms with E-state index in [1.807, 2.05) is 35.1 Å². The van der Waals surface area contributed by atoms with Crippen molar-refractivity contribution in [2.75, 3.05) is 20.2 Å². The fourth-order valence-corrected chi connectivity index (χ4v) is 2.58. The average Bonchev–Trinajstić information content (AvgIpc) is 2.98. The van der Waals surface area contributed by atoms with Crippen LogP contribution in [0.15, 0.2) is 36.7 Å². The number of aromatic nitrogens is 2. The molecule has 100 valence electrons. The van der Waals surface area contributed by atoms with E-state index in [-0.39, 0.29) is 0 Å². The highest BCUT2D eigenvalue weighted by Gasteiger charge is 2.16. The van der Waals surface area contributed by atoms with Crippen molar-refractivity contribution in [2.24, 2.45) is 0 Å². The highest BCUT2D eigenvalue weighted by atomic mass is 16.5. The summed E-state index contributed by atoms with van der Waals surface area (Å²) in [7, 11) is 1.68. The molecule has 3 rings (SSSR count). The summed E-state index contributed by atoms with van der Waals surface area (Å²) >= 11 is 0. The standard InChI is InChI=1S/C15H19N3O/c1-19-15-6-2-5-14(8-15)18-11-13(10-17-18)12-4-3-7-16-9-12/h2,5-6,8,10-12,16H,3-4,7,9H2,1H3. The molecular formula is C15H19N3O. The predicted octanol–water partition coefficient (Wildman–Crippen LogP) is 2.35. The highest BCUT2D eigenvalue weighted by Crippen LogP contribution is 2.24. The molecule has 0 bridgehead atoms. The van der Waals surface area contributed by atoms with E-state index in [0.29, 0.717) is 5.92 Å². The molecule has 4 heteroatoms. The van der Waals surface area contributed by atoms with Crippen molar-refractivity contribution >= 4 is 0 Å². The van der Waals surface area contributed by atoms with Gasteiger partial charge in [-0.25, -0.2) is 4.68 Å². The lowest BCUT2D eigenvalue weighted by Crippen LogP contribution is -2.28. The van der Waals surface area contributed by atoms with Gasteiger partial charge < -0.3 is 10.1 Å². The van der Waals surface area contributed by atoms with Gasteiger partial charge in [0.2, 0.25) is 0 Å². The molecule has 1 atom stereocenters. The maximum Gasteiger partial charge on any atom is 0.121 e. The van der Waals surface area contributed by atoms with Gasteiger partial charge >= 0.3 is 0 Å². The van der Waals surface area contributed by atoms with Crippen molar-refractivity contribution < 1.29 is 4.74 Å². The minimum atomic E-state index is 0.591. The van der Waals surface area contributed by atoms with Gasteiger partial charge in [-0.05, 0) is 43.0 Å². The van der Waals surface area contributed by atoms with Crippen LogP contribution in [0, 0.1) is 0 Å². The third-order valence-corrected chi connectivity index (χ3v) is 3.69. The smallest absolute Gasteiger partial charge is 0.121 e. The third-order valence-electron chi connectivity index (χ3n) is 3.69. The highest BCUT2D eigenvalue weighted by molar-refractivity contribution is 5.39. The van der Waals surface area contributed by atoms with Gasteiger partial charge in [0.15, 0.2) is 0 Å². The Labute approximate surface area is 113 Å². The Morgan fingerprint density at radius 1 is 1.42 bits per heavy atom. The van der Waals surface area contributed by atoms with E-state index in [2.05, 4.69) is 16.6 Å². The molecule has 1 aromatic heterocycles. The predicted molar refractivity (Wildman–Crippen MR) is 75.0 cm³/mol. The van der Waals surface area contributed by atoms with Crippen molar-refractivity contribution in [3.05, 3.63) is 42.2 Å². The lowest BCUT2D eigenvalue weighted by Gasteiger charge is -2.21. The summed E-state index contributed by atoms with van der Waals surface area (Å²) in [5.41, 5.74) is 2.35. The normalized spacial score (nSPS) is 19.3. The van der Waals surface area contributed by atoms with E-state index in [1.165, 1.54) is 18.4 Å². The van der Waals surface area contributed by atoms with Crippen LogP contribution in [0.3, 0.4) is 0 Å². The summed E-state index contributed by atoms with van der Waals surface area (Å²) in [6, 6.07) is 7.96. The molecule has 1 N–H and O–H groups in total. The van der Waals surface area contributed by atoms with Crippen LogP contribution in [0.5, 0.6) is 5.75 Å². The molecule has 1 aliphatic rings. The Hall–Kier alpha value is -1.81. The second-order valence-electron chi connectivity index (χ2n) is 4.96. The van der Waals surface area contributed by atoms with Crippen molar-refractivity contribution in [3.63, 3.8) is 0 Å². The molecule has 4 nitrogen and oxygen atoms in total. The topological polar surface area (TPSA) is 39.1 Å². The van der Waals surface area contributed by atoms with Crippen LogP contribution in [-0.4, -0.2) is 30.0 Å². The molecular weight excluding hydrogens is 238 g/mol. The summed E-state index contributed by atoms with van der Waals surface area (Å²) in [6.07, 6.45) is 6.61. The van der Waals surface area contributed by atoms with Crippen LogP contribution in [0.4, 0.5) is 0 Å². The summed E-state index contributed by atoms with van der Waals surface area (Å²) in [6.45, 7) is 2.20. The van der Waals surface area contributed by atoms with Gasteiger partial charge in [-0.3, -0.25) is 0 Å². The molecule has 1 fully saturated rings. The van der Waals surface area contributed by atoms with Gasteiger partial charge in [0, 0.05) is 18.8 Å². The minimum absolute atomic E-state index is 0.591. The number of nitrogens with one attached hydrogen (secondary N) is 1. The van der Waals surface area contributed by atoms with E-state index in [1.54, 1.807) is 7.11 Å². The lowest BCUT2D eigenvalue weighted by atomic mass is 9.94. The van der Waals surface area contributed by atoms with Gasteiger partial charge in [-0.2, -0.15) is 5.10 Å². The first-order valence-electron chi connectivity index (χ1n) is 6.76. The van der Waals surface area contributed by atoms with Crippen LogP contribution < -0.4 is 10.1 Å². The molecule has 0 aliphatic carbocycles. The van der Waals surface area contributed by atoms with Gasteiger partial charge in [0.05, 0.1) is 19.0 Å². The zero-order valence-electron chi connectivity index (χ0n) is 11.2. The Balaban J connectivity index is 1.83. The number of benzene rings is 1. The van der Waals surface area contributed by atoms with Gasteiger partial charge in [-0.1, -0.05) is 6.07 Å². The quantitative estimate of drug-likeness (QED) is 0.917. The Morgan fingerprint density at radius 2 is 2.37 bits per heavy atom. The van der Waals surface area contributed by atoms with Crippen LogP contribution in [-0.2, 0) is 0 Å². The van der Waals surface area contributed by atoms with Crippen molar-refractivity contribution in [1.82, 2.24) is 15.1 Å². The first-order chi connectivity index (χ1) is 9.36. The first kappa shape index (κ1) is 12.2. The Bertz CT molecular complexity index is 544. The van der Waals surface area contributed by atoms with Crippen LogP contribution >= 0.6 is 0 Å². The van der Waals surface area contributed by atoms with Crippen molar-refractivity contribution in [3.8, 4) is 11.4 Å². The summed E-state index contributed by atoms with van der Waals surface area (Å²) in [5, 5.41) is 7.91. The molecule has 0 amide bonds. The number of hydrogen-bond donors (Lipinski definition) is 1. The van der Waals surface area contributed by atoms with Crippen molar-refractivity contribution in [2.45, 2.75) is 18.8 Å². The molecule has 1 saturated heterocycles. The minimum Gasteiger partial charge on any atom is -0.497 e. The van der Waals surface area contributed by atoms with Gasteiger partial charge in [0.1, 0.15) is 5.75 Å². The second-order valence-corrected chi connectivity index (χ2v) is 4.96. The molecule has 1 aliphatic heterocycles. The maximum absolute atomic E-state index is 5.25. The van der Waals surface area contributed by atoms with E-state index in [9.17, 15) is 0 Å². The molecule has 0 radical (unpaired) electrons. The second kappa shape index (κ2) is 5.45. The fourth-order valence-electron chi connectivity index (χ4n) is 2.58. The third kappa shape index (κ3) is 2.63. The van der Waals surface area contributed by atoms with E-state index in [0.717, 1.165) is 24.5 Å². The summed E-state index contributed by atoms with van der Waals surface area (Å²) < 4.78 is 7.17. The SMILES string of the molecule is COc1cccc(-n2cc(C3CCCNC3)cn2)c1.